The molecule has 0 aliphatic heterocycles. The number of hydrogen-bond acceptors (Lipinski definition) is 3. The number of carbonyl (C=O) groups excluding carboxylic acids is 1. The Bertz CT molecular complexity index is 445. The smallest absolute Gasteiger partial charge is 0.408 e. The summed E-state index contributed by atoms with van der Waals surface area (Å²) in [6.45, 7) is 1.81. The Hall–Kier alpha value is -1.08. The van der Waals surface area contributed by atoms with Crippen LogP contribution < -0.4 is 5.32 Å². The fourth-order valence-corrected chi connectivity index (χ4v) is 1.51. The third kappa shape index (κ3) is 6.07. The standard InChI is InChI=1S/C12H13Br2NO4/c1-12(13,14)7-19-11(18)15-9(10(16)17)8-5-3-2-4-6-8/h2-6,9H,7H2,1H3,(H,15,18)(H,16,17)/t9-/m1/s1. The van der Waals surface area contributed by atoms with Crippen molar-refractivity contribution in [3.63, 3.8) is 0 Å². The molecule has 0 fully saturated rings. The Morgan fingerprint density at radius 1 is 1.37 bits per heavy atom. The van der Waals surface area contributed by atoms with Crippen molar-refractivity contribution in [2.75, 3.05) is 6.61 Å². The first-order chi connectivity index (χ1) is 8.79. The Morgan fingerprint density at radius 2 is 1.95 bits per heavy atom. The normalized spacial score (nSPS) is 12.6. The van der Waals surface area contributed by atoms with Gasteiger partial charge in [0.1, 0.15) is 9.84 Å². The monoisotopic (exact) mass is 393 g/mol. The van der Waals surface area contributed by atoms with Crippen molar-refractivity contribution < 1.29 is 19.4 Å². The lowest BCUT2D eigenvalue weighted by Crippen LogP contribution is -2.35. The van der Waals surface area contributed by atoms with E-state index < -0.39 is 21.3 Å². The Kier molecular flexibility index (Phi) is 5.81. The molecule has 0 aliphatic carbocycles. The highest BCUT2D eigenvalue weighted by Crippen LogP contribution is 2.25. The molecule has 0 aliphatic rings. The summed E-state index contributed by atoms with van der Waals surface area (Å²) < 4.78 is 4.36. The number of hydrogen-bond donors (Lipinski definition) is 2. The average molecular weight is 395 g/mol. The van der Waals surface area contributed by atoms with Gasteiger partial charge in [-0.1, -0.05) is 62.2 Å². The third-order valence-corrected chi connectivity index (χ3v) is 2.56. The van der Waals surface area contributed by atoms with E-state index in [1.54, 1.807) is 37.3 Å². The van der Waals surface area contributed by atoms with E-state index in [1.807, 2.05) is 0 Å². The summed E-state index contributed by atoms with van der Waals surface area (Å²) in [5.74, 6) is -1.15. The number of carboxylic acids is 1. The van der Waals surface area contributed by atoms with E-state index in [-0.39, 0.29) is 6.61 Å². The highest BCUT2D eigenvalue weighted by Gasteiger charge is 2.24. The largest absolute Gasteiger partial charge is 0.479 e. The van der Waals surface area contributed by atoms with Gasteiger partial charge >= 0.3 is 12.1 Å². The Morgan fingerprint density at radius 3 is 2.42 bits per heavy atom. The van der Waals surface area contributed by atoms with Gasteiger partial charge in [0.25, 0.3) is 0 Å². The SMILES string of the molecule is CC(Br)(Br)COC(=O)N[C@@H](C(=O)O)c1ccccc1. The molecule has 1 aromatic rings. The lowest BCUT2D eigenvalue weighted by Gasteiger charge is -2.17. The molecule has 19 heavy (non-hydrogen) atoms. The summed E-state index contributed by atoms with van der Waals surface area (Å²) in [7, 11) is 0. The van der Waals surface area contributed by atoms with Crippen molar-refractivity contribution in [3.8, 4) is 0 Å². The van der Waals surface area contributed by atoms with Crippen molar-refractivity contribution in [3.05, 3.63) is 35.9 Å². The lowest BCUT2D eigenvalue weighted by atomic mass is 10.1. The molecular weight excluding hydrogens is 382 g/mol. The molecule has 2 N–H and O–H groups in total. The topological polar surface area (TPSA) is 75.6 Å². The second-order valence-electron chi connectivity index (χ2n) is 3.97. The maximum Gasteiger partial charge on any atom is 0.408 e. The van der Waals surface area contributed by atoms with Crippen molar-refractivity contribution >= 4 is 43.9 Å². The highest BCUT2D eigenvalue weighted by atomic mass is 79.9. The third-order valence-electron chi connectivity index (χ3n) is 2.10. The number of carboxylic acid groups (broad SMARTS) is 1. The predicted molar refractivity (Wildman–Crippen MR) is 77.6 cm³/mol. The number of amides is 1. The van der Waals surface area contributed by atoms with Crippen LogP contribution in [0.1, 0.15) is 18.5 Å². The molecule has 0 aromatic heterocycles. The van der Waals surface area contributed by atoms with Crippen LogP contribution in [0.25, 0.3) is 0 Å². The Balaban J connectivity index is 2.65. The first-order valence-corrected chi connectivity index (χ1v) is 6.97. The van der Waals surface area contributed by atoms with Crippen LogP contribution in [0.2, 0.25) is 0 Å². The van der Waals surface area contributed by atoms with Crippen LogP contribution in [0, 0.1) is 0 Å². The molecule has 0 radical (unpaired) electrons. The first kappa shape index (κ1) is 16.0. The summed E-state index contributed by atoms with van der Waals surface area (Å²) in [5, 5.41) is 11.4. The van der Waals surface area contributed by atoms with E-state index in [9.17, 15) is 9.59 Å². The second kappa shape index (κ2) is 6.91. The fraction of sp³-hybridized carbons (Fsp3) is 0.333. The molecule has 0 saturated carbocycles. The van der Waals surface area contributed by atoms with Gasteiger partial charge in [0.05, 0.1) is 0 Å². The summed E-state index contributed by atoms with van der Waals surface area (Å²) in [4.78, 5) is 22.7. The number of ether oxygens (including phenoxy) is 1. The zero-order valence-electron chi connectivity index (χ0n) is 10.1. The molecule has 1 rings (SSSR count). The molecule has 1 amide bonds. The lowest BCUT2D eigenvalue weighted by molar-refractivity contribution is -0.139. The van der Waals surface area contributed by atoms with E-state index in [4.69, 9.17) is 9.84 Å². The van der Waals surface area contributed by atoms with Crippen LogP contribution in [0.5, 0.6) is 0 Å². The quantitative estimate of drug-likeness (QED) is 0.752. The average Bonchev–Trinajstić information content (AvgIpc) is 2.33. The van der Waals surface area contributed by atoms with Gasteiger partial charge in [-0.25, -0.2) is 9.59 Å². The van der Waals surface area contributed by atoms with Crippen molar-refractivity contribution in [1.29, 1.82) is 0 Å². The van der Waals surface area contributed by atoms with E-state index in [2.05, 4.69) is 37.2 Å². The number of rotatable bonds is 5. The number of nitrogens with one attached hydrogen (secondary N) is 1. The number of alkyl halides is 2. The summed E-state index contributed by atoms with van der Waals surface area (Å²) in [5.41, 5.74) is 0.479. The van der Waals surface area contributed by atoms with Gasteiger partial charge in [-0.05, 0) is 12.5 Å². The summed E-state index contributed by atoms with van der Waals surface area (Å²) in [6.07, 6.45) is -0.790. The van der Waals surface area contributed by atoms with Crippen molar-refractivity contribution in [2.45, 2.75) is 16.2 Å². The van der Waals surface area contributed by atoms with Crippen LogP contribution in [0.3, 0.4) is 0 Å². The van der Waals surface area contributed by atoms with E-state index >= 15 is 0 Å². The second-order valence-corrected chi connectivity index (χ2v) is 8.54. The molecular formula is C12H13Br2NO4. The molecule has 1 aromatic carbocycles. The number of aliphatic carboxylic acids is 1. The van der Waals surface area contributed by atoms with Crippen LogP contribution in [0.4, 0.5) is 4.79 Å². The van der Waals surface area contributed by atoms with Gasteiger partial charge in [0, 0.05) is 0 Å². The number of halogens is 2. The number of benzene rings is 1. The predicted octanol–water partition coefficient (Wildman–Crippen LogP) is 3.04. The molecule has 0 saturated heterocycles. The summed E-state index contributed by atoms with van der Waals surface area (Å²) in [6, 6.07) is 7.28. The molecule has 1 atom stereocenters. The van der Waals surface area contributed by atoms with Gasteiger partial charge in [-0.3, -0.25) is 0 Å². The maximum absolute atomic E-state index is 11.5. The minimum Gasteiger partial charge on any atom is -0.479 e. The van der Waals surface area contributed by atoms with E-state index in [1.165, 1.54) is 0 Å². The number of carbonyl (C=O) groups is 2. The Labute approximate surface area is 127 Å². The maximum atomic E-state index is 11.5. The number of alkyl carbamates (subject to hydrolysis) is 1. The van der Waals surface area contributed by atoms with Gasteiger partial charge in [0.2, 0.25) is 0 Å². The van der Waals surface area contributed by atoms with Gasteiger partial charge in [-0.2, -0.15) is 0 Å². The van der Waals surface area contributed by atoms with Crippen LogP contribution >= 0.6 is 31.9 Å². The van der Waals surface area contributed by atoms with Crippen LogP contribution in [-0.2, 0) is 9.53 Å². The van der Waals surface area contributed by atoms with Crippen LogP contribution in [0.15, 0.2) is 30.3 Å². The highest BCUT2D eigenvalue weighted by molar-refractivity contribution is 9.25. The molecule has 104 valence electrons. The molecule has 0 spiro atoms. The zero-order valence-corrected chi connectivity index (χ0v) is 13.3. The van der Waals surface area contributed by atoms with Crippen molar-refractivity contribution in [2.24, 2.45) is 0 Å². The molecule has 7 heteroatoms. The molecule has 5 nitrogen and oxygen atoms in total. The zero-order chi connectivity index (χ0) is 14.5. The van der Waals surface area contributed by atoms with Gasteiger partial charge in [0.15, 0.2) is 6.04 Å². The summed E-state index contributed by atoms with van der Waals surface area (Å²) >= 11 is 6.48. The van der Waals surface area contributed by atoms with Crippen LogP contribution in [-0.4, -0.2) is 27.0 Å². The minimum absolute atomic E-state index is 0.0555. The van der Waals surface area contributed by atoms with Gasteiger partial charge in [-0.15, -0.1) is 0 Å². The minimum atomic E-state index is -1.15. The van der Waals surface area contributed by atoms with E-state index in [0.29, 0.717) is 5.56 Å². The molecule has 0 unspecified atom stereocenters. The van der Waals surface area contributed by atoms with Crippen molar-refractivity contribution in [1.82, 2.24) is 5.32 Å². The first-order valence-electron chi connectivity index (χ1n) is 5.38. The molecule has 0 heterocycles. The van der Waals surface area contributed by atoms with E-state index in [0.717, 1.165) is 0 Å². The van der Waals surface area contributed by atoms with Gasteiger partial charge < -0.3 is 15.2 Å². The fourth-order valence-electron chi connectivity index (χ4n) is 1.28. The molecule has 0 bridgehead atoms.